The molecule has 4 heteroatoms. The van der Waals surface area contributed by atoms with Crippen LogP contribution in [0.2, 0.25) is 0 Å². The topological polar surface area (TPSA) is 0 Å². The predicted octanol–water partition coefficient (Wildman–Crippen LogP) is -2.75. The van der Waals surface area contributed by atoms with Gasteiger partial charge in [-0.15, -0.1) is 0 Å². The van der Waals surface area contributed by atoms with Crippen molar-refractivity contribution in [1.82, 2.24) is 0 Å². The molecule has 0 rings (SSSR count). The Morgan fingerprint density at radius 2 is 1.25 bits per heavy atom. The van der Waals surface area contributed by atoms with Crippen molar-refractivity contribution < 1.29 is 17.1 Å². The van der Waals surface area contributed by atoms with Crippen LogP contribution >= 0.6 is 0 Å². The Kier molecular flexibility index (Phi) is 70.8. The van der Waals surface area contributed by atoms with Crippen LogP contribution in [0.4, 0.5) is 0 Å². The maximum atomic E-state index is 2.50. The molecule has 29 valence electrons. The fraction of sp³-hybridized carbons (Fsp3) is 0. The first-order valence-corrected chi connectivity index (χ1v) is 12.1. The van der Waals surface area contributed by atoms with Gasteiger partial charge in [0.2, 0.25) is 0 Å². The molecule has 0 bridgehead atoms. The molecule has 0 unspecified atom stereocenters. The van der Waals surface area contributed by atoms with Crippen LogP contribution in [-0.4, -0.2) is 56.1 Å². The molecular weight excluding hydrogens is 327 g/mol. The van der Waals surface area contributed by atoms with Crippen LogP contribution in [0.5, 0.6) is 0 Å². The molecule has 0 amide bonds. The fourth-order valence-electron chi connectivity index (χ4n) is 0. The summed E-state index contributed by atoms with van der Waals surface area (Å²) in [5.41, 5.74) is 0. The summed E-state index contributed by atoms with van der Waals surface area (Å²) in [6.07, 6.45) is 0. The van der Waals surface area contributed by atoms with Gasteiger partial charge in [-0.3, -0.25) is 0 Å². The molecule has 0 aromatic carbocycles. The molecule has 0 aliphatic rings. The standard InChI is InChI=1S/Cu.Ga.In.H2Se.5H/h;;;1H2;;;;;/q;+1;;;;;;;/p-1. The molecule has 0 N–H and O–H groups in total. The average Bonchev–Trinajstić information content (AvgIpc) is 1.00. The van der Waals surface area contributed by atoms with Gasteiger partial charge in [0.15, 0.2) is 0 Å². The molecule has 0 atom stereocenters. The van der Waals surface area contributed by atoms with E-state index in [1.807, 2.05) is 0 Å². The van der Waals surface area contributed by atoms with Crippen molar-refractivity contribution in [1.29, 1.82) is 0 Å². The average molecular weight is 333 g/mol. The Morgan fingerprint density at radius 3 is 1.25 bits per heavy atom. The molecule has 1 radical (unpaired) electrons. The quantitative estimate of drug-likeness (QED) is 0.422. The Morgan fingerprint density at radius 1 is 1.25 bits per heavy atom. The Labute approximate surface area is 72.0 Å². The molecule has 0 spiro atoms. The van der Waals surface area contributed by atoms with Crippen LogP contribution in [0.25, 0.3) is 0 Å². The Bertz CT molecular complexity index is 8.00. The van der Waals surface area contributed by atoms with Crippen LogP contribution in [-0.2, 0) is 17.1 Å². The van der Waals surface area contributed by atoms with Crippen LogP contribution in [0, 0.1) is 0 Å². The van der Waals surface area contributed by atoms with E-state index in [0.29, 0.717) is 0 Å². The van der Waals surface area contributed by atoms with Gasteiger partial charge >= 0.3 is 56.1 Å². The second-order valence-electron chi connectivity index (χ2n) is 0. The molecule has 0 fully saturated rings. The van der Waals surface area contributed by atoms with E-state index >= 15 is 0 Å². The molecule has 0 aliphatic heterocycles. The molecule has 0 heterocycles. The van der Waals surface area contributed by atoms with Crippen molar-refractivity contribution in [2.75, 3.05) is 0 Å². The first-order valence-electron chi connectivity index (χ1n) is 0.447. The molecule has 0 saturated carbocycles. The molecule has 4 heavy (non-hydrogen) atoms. The maximum absolute atomic E-state index is 2.50. The zero-order chi connectivity index (χ0) is 2.00. The third-order valence-corrected chi connectivity index (χ3v) is 0. The minimum absolute atomic E-state index is 0. The van der Waals surface area contributed by atoms with Crippen molar-refractivity contribution >= 4 is 56.1 Å². The summed E-state index contributed by atoms with van der Waals surface area (Å²) < 4.78 is 0. The summed E-state index contributed by atoms with van der Waals surface area (Å²) in [5, 5.41) is 0. The minimum atomic E-state index is 0. The van der Waals surface area contributed by atoms with Gasteiger partial charge in [0.1, 0.15) is 0 Å². The van der Waals surface area contributed by atoms with E-state index in [9.17, 15) is 0 Å². The second kappa shape index (κ2) is 17.7. The Balaban J connectivity index is -0.00000000500. The summed E-state index contributed by atoms with van der Waals surface area (Å²) in [7, 11) is 0. The van der Waals surface area contributed by atoms with Crippen LogP contribution in [0.15, 0.2) is 0 Å². The SMILES string of the molecule is [Cu].[GaH2][SeH].[InH3]. The van der Waals surface area contributed by atoms with Gasteiger partial charge in [-0.2, -0.15) is 0 Å². The van der Waals surface area contributed by atoms with Crippen LogP contribution in [0.3, 0.4) is 0 Å². The van der Waals surface area contributed by atoms with Gasteiger partial charge in [-0.25, -0.2) is 0 Å². The van der Waals surface area contributed by atoms with Gasteiger partial charge < -0.3 is 0 Å². The summed E-state index contributed by atoms with van der Waals surface area (Å²) in [5.74, 6) is 0. The van der Waals surface area contributed by atoms with Crippen molar-refractivity contribution in [3.63, 3.8) is 0 Å². The van der Waals surface area contributed by atoms with Gasteiger partial charge in [0, 0.05) is 17.1 Å². The number of rotatable bonds is 0. The van der Waals surface area contributed by atoms with E-state index in [1.54, 1.807) is 0 Å². The van der Waals surface area contributed by atoms with Gasteiger partial charge in [-0.1, -0.05) is 0 Å². The molecular formula is H6CuGaInSe. The zero-order valence-electron chi connectivity index (χ0n) is 1.75. The predicted molar refractivity (Wildman–Crippen MR) is 25.6 cm³/mol. The van der Waals surface area contributed by atoms with Gasteiger partial charge in [0.05, 0.1) is 0 Å². The van der Waals surface area contributed by atoms with E-state index in [2.05, 4.69) is 13.6 Å². The molecule has 0 aromatic heterocycles. The van der Waals surface area contributed by atoms with Crippen LogP contribution in [0.1, 0.15) is 0 Å². The molecule has 0 saturated heterocycles. The third kappa shape index (κ3) is 8.82. The Hall–Kier alpha value is 2.55. The van der Waals surface area contributed by atoms with Gasteiger partial charge in [0.25, 0.3) is 0 Å². The summed E-state index contributed by atoms with van der Waals surface area (Å²) >= 11 is 3.50. The number of hydrogen-bond acceptors (Lipinski definition) is 0. The van der Waals surface area contributed by atoms with Crippen molar-refractivity contribution in [3.8, 4) is 0 Å². The summed E-state index contributed by atoms with van der Waals surface area (Å²) in [4.78, 5) is 0. The molecule has 0 aliphatic carbocycles. The van der Waals surface area contributed by atoms with Crippen molar-refractivity contribution in [3.05, 3.63) is 0 Å². The molecule has 0 aromatic rings. The van der Waals surface area contributed by atoms with E-state index in [-0.39, 0.29) is 42.9 Å². The second-order valence-corrected chi connectivity index (χ2v) is 0. The van der Waals surface area contributed by atoms with Gasteiger partial charge in [-0.05, 0) is 0 Å². The summed E-state index contributed by atoms with van der Waals surface area (Å²) in [6, 6.07) is 0. The first kappa shape index (κ1) is 16.0. The van der Waals surface area contributed by atoms with E-state index in [4.69, 9.17) is 0 Å². The normalized spacial score (nSPS) is 1.25. The summed E-state index contributed by atoms with van der Waals surface area (Å²) in [6.45, 7) is 0. The third-order valence-electron chi connectivity index (χ3n) is 0. The van der Waals surface area contributed by atoms with E-state index < -0.39 is 0 Å². The number of hydrogen-bond donors (Lipinski definition) is 0. The first-order chi connectivity index (χ1) is 1.00. The zero-order valence-corrected chi connectivity index (χ0v) is 8.76. The van der Waals surface area contributed by atoms with Crippen molar-refractivity contribution in [2.45, 2.75) is 0 Å². The molecule has 0 nitrogen and oxygen atoms in total. The fourth-order valence-corrected chi connectivity index (χ4v) is 0. The monoisotopic (exact) mass is 333 g/mol. The van der Waals surface area contributed by atoms with E-state index in [0.717, 1.165) is 16.6 Å². The van der Waals surface area contributed by atoms with Crippen LogP contribution < -0.4 is 0 Å². The van der Waals surface area contributed by atoms with Crippen molar-refractivity contribution in [2.24, 2.45) is 0 Å². The van der Waals surface area contributed by atoms with E-state index in [1.165, 1.54) is 0 Å².